The molecule has 2 aromatic heterocycles. The zero-order chi connectivity index (χ0) is 16.6. The van der Waals surface area contributed by atoms with Crippen LogP contribution in [-0.2, 0) is 10.0 Å². The number of fused-ring (bicyclic) bond motifs is 1. The fourth-order valence-electron chi connectivity index (χ4n) is 2.23. The molecular weight excluding hydrogens is 360 g/mol. The van der Waals surface area contributed by atoms with Gasteiger partial charge in [0.2, 0.25) is 5.96 Å². The molecule has 0 bridgehead atoms. The van der Waals surface area contributed by atoms with Gasteiger partial charge in [-0.2, -0.15) is 13.5 Å². The molecule has 0 spiro atoms. The molecule has 1 N–H and O–H groups in total. The number of imidazole rings is 1. The molecule has 8 nitrogen and oxygen atoms in total. The lowest BCUT2D eigenvalue weighted by molar-refractivity contribution is 0.430. The number of aromatic nitrogens is 2. The topological polar surface area (TPSA) is 91.4 Å². The first-order chi connectivity index (χ1) is 11.0. The van der Waals surface area contributed by atoms with E-state index in [2.05, 4.69) is 19.8 Å². The molecule has 2 aromatic rings. The molecule has 0 saturated heterocycles. The summed E-state index contributed by atoms with van der Waals surface area (Å²) in [6.07, 6.45) is 4.33. The van der Waals surface area contributed by atoms with Crippen LogP contribution in [0.25, 0.3) is 4.96 Å². The van der Waals surface area contributed by atoms with Crippen molar-refractivity contribution < 1.29 is 8.42 Å². The largest absolute Gasteiger partial charge is 0.283 e. The van der Waals surface area contributed by atoms with Gasteiger partial charge in [-0.1, -0.05) is 18.5 Å². The number of halogens is 1. The molecule has 0 amide bonds. The average Bonchev–Trinajstić information content (AvgIpc) is 3.19. The number of rotatable bonds is 3. The SMILES string of the molecule is CCC1C=NN(C(=NC)NS(=O)(=O)c2c(Cl)nc3sccn23)C1. The van der Waals surface area contributed by atoms with Gasteiger partial charge in [0.05, 0.1) is 6.54 Å². The van der Waals surface area contributed by atoms with E-state index in [1.54, 1.807) is 17.8 Å². The van der Waals surface area contributed by atoms with Crippen LogP contribution in [0.4, 0.5) is 0 Å². The summed E-state index contributed by atoms with van der Waals surface area (Å²) in [5.74, 6) is 0.428. The lowest BCUT2D eigenvalue weighted by Crippen LogP contribution is -2.41. The zero-order valence-corrected chi connectivity index (χ0v) is 14.9. The fourth-order valence-corrected chi connectivity index (χ4v) is 4.73. The third-order valence-electron chi connectivity index (χ3n) is 3.46. The van der Waals surface area contributed by atoms with E-state index in [9.17, 15) is 8.42 Å². The Kier molecular flexibility index (Phi) is 4.30. The smallest absolute Gasteiger partial charge is 0.278 e. The van der Waals surface area contributed by atoms with Crippen molar-refractivity contribution in [1.82, 2.24) is 19.1 Å². The van der Waals surface area contributed by atoms with E-state index in [4.69, 9.17) is 11.6 Å². The molecule has 0 saturated carbocycles. The highest BCUT2D eigenvalue weighted by Gasteiger charge is 2.29. The molecule has 1 aliphatic heterocycles. The molecular formula is C12H15ClN6O2S2. The summed E-state index contributed by atoms with van der Waals surface area (Å²) in [5, 5.41) is 7.29. The summed E-state index contributed by atoms with van der Waals surface area (Å²) in [7, 11) is -2.43. The van der Waals surface area contributed by atoms with E-state index in [0.29, 0.717) is 11.5 Å². The van der Waals surface area contributed by atoms with Gasteiger partial charge in [-0.25, -0.2) is 14.7 Å². The van der Waals surface area contributed by atoms with Crippen LogP contribution in [0, 0.1) is 5.92 Å². The van der Waals surface area contributed by atoms with Gasteiger partial charge in [0.25, 0.3) is 10.0 Å². The number of hydrogen-bond acceptors (Lipinski definition) is 6. The van der Waals surface area contributed by atoms with Gasteiger partial charge in [-0.05, 0) is 6.42 Å². The number of thiazole rings is 1. The second-order valence-electron chi connectivity index (χ2n) is 4.93. The molecule has 1 atom stereocenters. The second kappa shape index (κ2) is 6.10. The summed E-state index contributed by atoms with van der Waals surface area (Å²) in [6, 6.07) is 0. The number of hydrazone groups is 1. The maximum Gasteiger partial charge on any atom is 0.283 e. The lowest BCUT2D eigenvalue weighted by Gasteiger charge is -2.18. The van der Waals surface area contributed by atoms with Crippen molar-refractivity contribution in [3.8, 4) is 0 Å². The molecule has 124 valence electrons. The minimum atomic E-state index is -3.94. The van der Waals surface area contributed by atoms with E-state index in [1.165, 1.54) is 27.8 Å². The highest BCUT2D eigenvalue weighted by atomic mass is 35.5. The Morgan fingerprint density at radius 1 is 1.61 bits per heavy atom. The highest BCUT2D eigenvalue weighted by molar-refractivity contribution is 7.90. The van der Waals surface area contributed by atoms with Crippen molar-refractivity contribution in [2.75, 3.05) is 13.6 Å². The molecule has 1 unspecified atom stereocenters. The van der Waals surface area contributed by atoms with Gasteiger partial charge < -0.3 is 0 Å². The number of hydrogen-bond donors (Lipinski definition) is 1. The Labute approximate surface area is 142 Å². The summed E-state index contributed by atoms with van der Waals surface area (Å²) in [5.41, 5.74) is 0. The normalized spacial score (nSPS) is 19.0. The van der Waals surface area contributed by atoms with Crippen molar-refractivity contribution in [3.05, 3.63) is 16.7 Å². The predicted octanol–water partition coefficient (Wildman–Crippen LogP) is 1.64. The number of nitrogens with zero attached hydrogens (tertiary/aromatic N) is 5. The van der Waals surface area contributed by atoms with Crippen molar-refractivity contribution in [1.29, 1.82) is 0 Å². The van der Waals surface area contributed by atoms with Crippen LogP contribution in [-0.4, -0.2) is 48.6 Å². The van der Waals surface area contributed by atoms with Gasteiger partial charge in [-0.3, -0.25) is 9.39 Å². The van der Waals surface area contributed by atoms with Crippen LogP contribution in [0.3, 0.4) is 0 Å². The fraction of sp³-hybridized carbons (Fsp3) is 0.417. The summed E-state index contributed by atoms with van der Waals surface area (Å²) < 4.78 is 29.3. The molecule has 3 heterocycles. The maximum absolute atomic E-state index is 12.7. The maximum atomic E-state index is 12.7. The molecule has 0 aromatic carbocycles. The molecule has 0 fully saturated rings. The molecule has 1 aliphatic rings. The minimum Gasteiger partial charge on any atom is -0.278 e. The van der Waals surface area contributed by atoms with E-state index in [1.807, 2.05) is 6.92 Å². The Bertz CT molecular complexity index is 885. The second-order valence-corrected chi connectivity index (χ2v) is 7.76. The first kappa shape index (κ1) is 16.2. The van der Waals surface area contributed by atoms with E-state index in [-0.39, 0.29) is 22.1 Å². The number of sulfonamides is 1. The third kappa shape index (κ3) is 2.93. The van der Waals surface area contributed by atoms with Crippen LogP contribution in [0.5, 0.6) is 0 Å². The minimum absolute atomic E-state index is 0.0730. The Morgan fingerprint density at radius 2 is 2.39 bits per heavy atom. The van der Waals surface area contributed by atoms with E-state index < -0.39 is 10.0 Å². The molecule has 23 heavy (non-hydrogen) atoms. The molecule has 0 aliphatic carbocycles. The van der Waals surface area contributed by atoms with Gasteiger partial charge in [-0.15, -0.1) is 11.3 Å². The zero-order valence-electron chi connectivity index (χ0n) is 12.5. The molecule has 11 heteroatoms. The van der Waals surface area contributed by atoms with E-state index >= 15 is 0 Å². The Hall–Kier alpha value is -1.65. The van der Waals surface area contributed by atoms with Gasteiger partial charge in [0, 0.05) is 30.8 Å². The van der Waals surface area contributed by atoms with E-state index in [0.717, 1.165) is 6.42 Å². The molecule has 3 rings (SSSR count). The van der Waals surface area contributed by atoms with Crippen molar-refractivity contribution in [2.24, 2.45) is 16.0 Å². The van der Waals surface area contributed by atoms with Crippen molar-refractivity contribution in [2.45, 2.75) is 18.4 Å². The van der Waals surface area contributed by atoms with Crippen molar-refractivity contribution in [3.63, 3.8) is 0 Å². The van der Waals surface area contributed by atoms with Gasteiger partial charge >= 0.3 is 0 Å². The quantitative estimate of drug-likeness (QED) is 0.653. The van der Waals surface area contributed by atoms with Gasteiger partial charge in [0.15, 0.2) is 15.1 Å². The monoisotopic (exact) mass is 374 g/mol. The van der Waals surface area contributed by atoms with Gasteiger partial charge in [0.1, 0.15) is 0 Å². The summed E-state index contributed by atoms with van der Waals surface area (Å²) in [6.45, 7) is 2.63. The number of guanidine groups is 1. The third-order valence-corrected chi connectivity index (χ3v) is 5.95. The summed E-state index contributed by atoms with van der Waals surface area (Å²) in [4.78, 5) is 8.55. The summed E-state index contributed by atoms with van der Waals surface area (Å²) >= 11 is 7.30. The van der Waals surface area contributed by atoms with Crippen LogP contribution < -0.4 is 4.72 Å². The number of nitrogens with one attached hydrogen (secondary N) is 1. The standard InChI is InChI=1S/C12H15ClN6O2S2/c1-3-8-6-15-19(7-8)11(14-2)17-23(20,21)10-9(13)16-12-18(10)4-5-22-12/h4-6,8H,3,7H2,1-2H3,(H,14,17). The average molecular weight is 375 g/mol. The number of aliphatic imine (C=N–C) groups is 1. The van der Waals surface area contributed by atoms with Crippen LogP contribution in [0.2, 0.25) is 5.15 Å². The first-order valence-corrected chi connectivity index (χ1v) is 9.62. The van der Waals surface area contributed by atoms with Crippen LogP contribution in [0.1, 0.15) is 13.3 Å². The lowest BCUT2D eigenvalue weighted by atomic mass is 10.1. The highest BCUT2D eigenvalue weighted by Crippen LogP contribution is 2.25. The van der Waals surface area contributed by atoms with Crippen molar-refractivity contribution >= 4 is 50.1 Å². The van der Waals surface area contributed by atoms with Crippen LogP contribution >= 0.6 is 22.9 Å². The Balaban J connectivity index is 1.90. The van der Waals surface area contributed by atoms with Crippen LogP contribution in [0.15, 0.2) is 26.7 Å². The first-order valence-electron chi connectivity index (χ1n) is 6.88. The predicted molar refractivity (Wildman–Crippen MR) is 90.7 cm³/mol. The Morgan fingerprint density at radius 3 is 3.04 bits per heavy atom. The molecule has 0 radical (unpaired) electrons.